The minimum Gasteiger partial charge on any atom is -0.330 e. The summed E-state index contributed by atoms with van der Waals surface area (Å²) in [5.41, 5.74) is 2.53. The molecule has 3 aromatic rings. The lowest BCUT2D eigenvalue weighted by atomic mass is 9.95. The van der Waals surface area contributed by atoms with Crippen LogP contribution in [0.25, 0.3) is 11.0 Å². The van der Waals surface area contributed by atoms with Crippen molar-refractivity contribution in [3.63, 3.8) is 0 Å². The lowest BCUT2D eigenvalue weighted by molar-refractivity contribution is 0.437. The third-order valence-corrected chi connectivity index (χ3v) is 3.42. The molecule has 5 nitrogen and oxygen atoms in total. The smallest absolute Gasteiger partial charge is 0.266 e. The highest BCUT2D eigenvalue weighted by Gasteiger charge is 2.17. The molecule has 5 heteroatoms. The highest BCUT2D eigenvalue weighted by atomic mass is 16.1. The third-order valence-electron chi connectivity index (χ3n) is 3.42. The summed E-state index contributed by atoms with van der Waals surface area (Å²) in [6.45, 7) is 4.35. The number of benzene rings is 1. The minimum atomic E-state index is -0.180. The number of hydrogen-bond donors (Lipinski definition) is 1. The van der Waals surface area contributed by atoms with Crippen LogP contribution in [0.5, 0.6) is 0 Å². The van der Waals surface area contributed by atoms with Crippen molar-refractivity contribution in [1.29, 1.82) is 0 Å². The molecule has 2 aromatic heterocycles. The van der Waals surface area contributed by atoms with Gasteiger partial charge in [0.15, 0.2) is 0 Å². The number of hydrogen-bond acceptors (Lipinski definition) is 3. The van der Waals surface area contributed by atoms with Gasteiger partial charge in [0.25, 0.3) is 5.56 Å². The molecule has 102 valence electrons. The molecular formula is C15H16N4O. The summed E-state index contributed by atoms with van der Waals surface area (Å²) in [5, 5.41) is 0. The first-order valence-electron chi connectivity index (χ1n) is 6.61. The van der Waals surface area contributed by atoms with E-state index in [0.29, 0.717) is 5.92 Å². The van der Waals surface area contributed by atoms with Gasteiger partial charge in [-0.2, -0.15) is 0 Å². The Hall–Kier alpha value is -2.43. The van der Waals surface area contributed by atoms with Gasteiger partial charge in [-0.1, -0.05) is 19.9 Å². The molecule has 0 aliphatic heterocycles. The molecule has 2 heterocycles. The molecule has 1 N–H and O–H groups in total. The molecule has 20 heavy (non-hydrogen) atoms. The summed E-state index contributed by atoms with van der Waals surface area (Å²) in [6.07, 6.45) is 6.89. The van der Waals surface area contributed by atoms with Crippen molar-refractivity contribution in [3.05, 3.63) is 59.0 Å². The van der Waals surface area contributed by atoms with E-state index in [-0.39, 0.29) is 11.6 Å². The largest absolute Gasteiger partial charge is 0.330 e. The second kappa shape index (κ2) is 4.92. The minimum absolute atomic E-state index is 0.180. The second-order valence-electron chi connectivity index (χ2n) is 5.22. The van der Waals surface area contributed by atoms with Crippen LogP contribution in [0.3, 0.4) is 0 Å². The Morgan fingerprint density at radius 1 is 1.30 bits per heavy atom. The monoisotopic (exact) mass is 268 g/mol. The van der Waals surface area contributed by atoms with Crippen molar-refractivity contribution in [1.82, 2.24) is 19.5 Å². The Bertz CT molecular complexity index is 774. The summed E-state index contributed by atoms with van der Waals surface area (Å²) in [5.74, 6) is 0.421. The SMILES string of the molecule is CC(C)C(c1ccc2[nH]c(=O)cnc2c1)n1ccnc1. The lowest BCUT2D eigenvalue weighted by Crippen LogP contribution is -2.15. The van der Waals surface area contributed by atoms with Crippen LogP contribution in [0.2, 0.25) is 0 Å². The number of aromatic amines is 1. The maximum absolute atomic E-state index is 11.3. The number of aromatic nitrogens is 4. The van der Waals surface area contributed by atoms with Gasteiger partial charge in [0.05, 0.1) is 29.6 Å². The van der Waals surface area contributed by atoms with Crippen molar-refractivity contribution in [2.75, 3.05) is 0 Å². The van der Waals surface area contributed by atoms with Gasteiger partial charge in [-0.3, -0.25) is 4.79 Å². The molecule has 0 saturated carbocycles. The number of nitrogens with zero attached hydrogens (tertiary/aromatic N) is 3. The van der Waals surface area contributed by atoms with Gasteiger partial charge >= 0.3 is 0 Å². The zero-order valence-corrected chi connectivity index (χ0v) is 11.4. The average molecular weight is 268 g/mol. The van der Waals surface area contributed by atoms with Gasteiger partial charge in [-0.15, -0.1) is 0 Å². The standard InChI is InChI=1S/C15H16N4O/c1-10(2)15(19-6-5-16-9-19)11-3-4-12-13(7-11)17-8-14(20)18-12/h3-10,15H,1-2H3,(H,18,20). The van der Waals surface area contributed by atoms with E-state index in [1.165, 1.54) is 6.20 Å². The van der Waals surface area contributed by atoms with E-state index in [4.69, 9.17) is 0 Å². The number of H-pyrrole nitrogens is 1. The molecule has 0 aliphatic rings. The first-order valence-corrected chi connectivity index (χ1v) is 6.61. The quantitative estimate of drug-likeness (QED) is 0.793. The van der Waals surface area contributed by atoms with Gasteiger partial charge in [0, 0.05) is 12.4 Å². The van der Waals surface area contributed by atoms with Gasteiger partial charge in [0.2, 0.25) is 0 Å². The molecule has 1 aromatic carbocycles. The van der Waals surface area contributed by atoms with Crippen molar-refractivity contribution in [3.8, 4) is 0 Å². The van der Waals surface area contributed by atoms with Crippen molar-refractivity contribution in [2.24, 2.45) is 5.92 Å². The molecular weight excluding hydrogens is 252 g/mol. The number of fused-ring (bicyclic) bond motifs is 1. The maximum atomic E-state index is 11.3. The van der Waals surface area contributed by atoms with E-state index in [1.807, 2.05) is 30.7 Å². The number of imidazole rings is 1. The zero-order valence-electron chi connectivity index (χ0n) is 11.4. The Morgan fingerprint density at radius 2 is 2.15 bits per heavy atom. The zero-order chi connectivity index (χ0) is 14.1. The molecule has 3 rings (SSSR count). The predicted octanol–water partition coefficient (Wildman–Crippen LogP) is 2.37. The Morgan fingerprint density at radius 3 is 2.85 bits per heavy atom. The van der Waals surface area contributed by atoms with Gasteiger partial charge in [-0.25, -0.2) is 9.97 Å². The van der Waals surface area contributed by atoms with Crippen LogP contribution in [0.15, 0.2) is 47.9 Å². The summed E-state index contributed by atoms with van der Waals surface area (Å²) >= 11 is 0. The van der Waals surface area contributed by atoms with E-state index in [1.54, 1.807) is 6.20 Å². The van der Waals surface area contributed by atoms with Gasteiger partial charge < -0.3 is 9.55 Å². The van der Waals surface area contributed by atoms with E-state index < -0.39 is 0 Å². The second-order valence-corrected chi connectivity index (χ2v) is 5.22. The van der Waals surface area contributed by atoms with E-state index in [2.05, 4.69) is 33.4 Å². The maximum Gasteiger partial charge on any atom is 0.266 e. The molecule has 0 aliphatic carbocycles. The van der Waals surface area contributed by atoms with E-state index in [9.17, 15) is 4.79 Å². The van der Waals surface area contributed by atoms with Crippen LogP contribution < -0.4 is 5.56 Å². The summed E-state index contributed by atoms with van der Waals surface area (Å²) in [6, 6.07) is 6.17. The van der Waals surface area contributed by atoms with Crippen LogP contribution in [-0.2, 0) is 0 Å². The van der Waals surface area contributed by atoms with Gasteiger partial charge in [0.1, 0.15) is 0 Å². The first-order chi connectivity index (χ1) is 9.65. The van der Waals surface area contributed by atoms with Crippen LogP contribution >= 0.6 is 0 Å². The van der Waals surface area contributed by atoms with Gasteiger partial charge in [-0.05, 0) is 23.6 Å². The molecule has 0 spiro atoms. The lowest BCUT2D eigenvalue weighted by Gasteiger charge is -2.23. The van der Waals surface area contributed by atoms with E-state index >= 15 is 0 Å². The summed E-state index contributed by atoms with van der Waals surface area (Å²) < 4.78 is 2.09. The number of nitrogens with one attached hydrogen (secondary N) is 1. The average Bonchev–Trinajstić information content (AvgIpc) is 2.92. The van der Waals surface area contributed by atoms with Crippen LogP contribution in [0.4, 0.5) is 0 Å². The van der Waals surface area contributed by atoms with Crippen molar-refractivity contribution < 1.29 is 0 Å². The Kier molecular flexibility index (Phi) is 3.10. The Balaban J connectivity index is 2.12. The Labute approximate surface area is 116 Å². The van der Waals surface area contributed by atoms with E-state index in [0.717, 1.165) is 16.6 Å². The fraction of sp³-hybridized carbons (Fsp3) is 0.267. The molecule has 0 bridgehead atoms. The normalized spacial score (nSPS) is 12.9. The summed E-state index contributed by atoms with van der Waals surface area (Å²) in [4.78, 5) is 22.4. The third kappa shape index (κ3) is 2.22. The molecule has 1 unspecified atom stereocenters. The predicted molar refractivity (Wildman–Crippen MR) is 77.6 cm³/mol. The van der Waals surface area contributed by atoms with Crippen LogP contribution in [-0.4, -0.2) is 19.5 Å². The fourth-order valence-corrected chi connectivity index (χ4v) is 2.57. The highest BCUT2D eigenvalue weighted by Crippen LogP contribution is 2.27. The van der Waals surface area contributed by atoms with Crippen LogP contribution in [0, 0.1) is 5.92 Å². The summed E-state index contributed by atoms with van der Waals surface area (Å²) in [7, 11) is 0. The fourth-order valence-electron chi connectivity index (χ4n) is 2.57. The molecule has 1 atom stereocenters. The molecule has 0 amide bonds. The van der Waals surface area contributed by atoms with Crippen molar-refractivity contribution in [2.45, 2.75) is 19.9 Å². The first kappa shape index (κ1) is 12.6. The number of rotatable bonds is 3. The molecule has 0 radical (unpaired) electrons. The molecule has 0 fully saturated rings. The topological polar surface area (TPSA) is 63.6 Å². The van der Waals surface area contributed by atoms with Crippen molar-refractivity contribution >= 4 is 11.0 Å². The van der Waals surface area contributed by atoms with Crippen LogP contribution in [0.1, 0.15) is 25.5 Å². The highest BCUT2D eigenvalue weighted by molar-refractivity contribution is 5.74. The molecule has 0 saturated heterocycles.